The van der Waals surface area contributed by atoms with Crippen LogP contribution in [0.1, 0.15) is 39.3 Å². The molecule has 1 nitrogen and oxygen atoms in total. The molecular formula is C39H31N. The van der Waals surface area contributed by atoms with Crippen LogP contribution in [-0.2, 0) is 12.8 Å². The highest BCUT2D eigenvalue weighted by Gasteiger charge is 2.34. The number of nitriles is 1. The first-order valence-corrected chi connectivity index (χ1v) is 13.8. The van der Waals surface area contributed by atoms with Crippen molar-refractivity contribution >= 4 is 17.7 Å². The van der Waals surface area contributed by atoms with Crippen molar-refractivity contribution in [1.29, 1.82) is 5.26 Å². The zero-order valence-electron chi connectivity index (χ0n) is 22.6. The predicted octanol–water partition coefficient (Wildman–Crippen LogP) is 9.59. The van der Waals surface area contributed by atoms with Crippen LogP contribution in [0.5, 0.6) is 0 Å². The van der Waals surface area contributed by atoms with Gasteiger partial charge in [-0.2, -0.15) is 5.26 Å². The maximum absolute atomic E-state index is 9.44. The van der Waals surface area contributed by atoms with E-state index in [-0.39, 0.29) is 0 Å². The molecule has 0 aliphatic heterocycles. The van der Waals surface area contributed by atoms with Gasteiger partial charge >= 0.3 is 0 Å². The summed E-state index contributed by atoms with van der Waals surface area (Å²) in [6.45, 7) is 7.50. The largest absolute Gasteiger partial charge is 0.193 e. The summed E-state index contributed by atoms with van der Waals surface area (Å²) in [5, 5.41) is 9.44. The Labute approximate surface area is 237 Å². The number of rotatable bonds is 8. The molecular weight excluding hydrogens is 482 g/mol. The first-order valence-electron chi connectivity index (χ1n) is 13.8. The van der Waals surface area contributed by atoms with Crippen molar-refractivity contribution in [2.45, 2.75) is 18.8 Å². The molecule has 3 aromatic rings. The molecule has 40 heavy (non-hydrogen) atoms. The molecule has 0 heterocycles. The van der Waals surface area contributed by atoms with E-state index in [1.54, 1.807) is 12.2 Å². The topological polar surface area (TPSA) is 23.8 Å². The Balaban J connectivity index is 1.32. The lowest BCUT2D eigenvalue weighted by atomic mass is 9.67. The Morgan fingerprint density at radius 2 is 1.62 bits per heavy atom. The van der Waals surface area contributed by atoms with Gasteiger partial charge in [0.25, 0.3) is 0 Å². The van der Waals surface area contributed by atoms with Crippen molar-refractivity contribution in [3.05, 3.63) is 173 Å². The Hall–Kier alpha value is -4.93. The minimum absolute atomic E-state index is 0.339. The third-order valence-electron chi connectivity index (χ3n) is 7.95. The van der Waals surface area contributed by atoms with Crippen molar-refractivity contribution in [2.75, 3.05) is 0 Å². The Kier molecular flexibility index (Phi) is 7.00. The lowest BCUT2D eigenvalue weighted by molar-refractivity contribution is 0.667. The van der Waals surface area contributed by atoms with Crippen LogP contribution in [0, 0.1) is 17.2 Å². The smallest absolute Gasteiger partial charge is 0.0950 e. The maximum atomic E-state index is 9.44. The lowest BCUT2D eigenvalue weighted by Gasteiger charge is -2.36. The molecule has 0 fully saturated rings. The van der Waals surface area contributed by atoms with Crippen LogP contribution in [0.15, 0.2) is 140 Å². The van der Waals surface area contributed by atoms with E-state index in [0.29, 0.717) is 23.8 Å². The van der Waals surface area contributed by atoms with E-state index in [9.17, 15) is 5.26 Å². The van der Waals surface area contributed by atoms with Crippen molar-refractivity contribution in [3.63, 3.8) is 0 Å². The molecule has 6 rings (SSSR count). The summed E-state index contributed by atoms with van der Waals surface area (Å²) in [5.41, 5.74) is 13.5. The Morgan fingerprint density at radius 1 is 0.850 bits per heavy atom. The first-order chi connectivity index (χ1) is 19.7. The number of nitrogens with zero attached hydrogens (tertiary/aromatic N) is 1. The van der Waals surface area contributed by atoms with E-state index in [1.807, 2.05) is 12.2 Å². The van der Waals surface area contributed by atoms with Gasteiger partial charge in [0.05, 0.1) is 6.07 Å². The number of benzene rings is 3. The van der Waals surface area contributed by atoms with Gasteiger partial charge in [0.1, 0.15) is 0 Å². The Morgan fingerprint density at radius 3 is 2.42 bits per heavy atom. The molecule has 1 heteroatoms. The minimum Gasteiger partial charge on any atom is -0.193 e. The molecule has 0 bridgehead atoms. The van der Waals surface area contributed by atoms with E-state index in [0.717, 1.165) is 12.0 Å². The second-order valence-corrected chi connectivity index (χ2v) is 10.6. The van der Waals surface area contributed by atoms with E-state index in [4.69, 9.17) is 0 Å². The Bertz CT molecular complexity index is 1740. The fourth-order valence-electron chi connectivity index (χ4n) is 6.14. The number of hydrogen-bond acceptors (Lipinski definition) is 1. The molecule has 2 atom stereocenters. The molecule has 0 spiro atoms. The third kappa shape index (κ3) is 4.93. The fraction of sp³-hybridized carbons (Fsp3) is 0.103. The van der Waals surface area contributed by atoms with Gasteiger partial charge in [-0.15, -0.1) is 0 Å². The summed E-state index contributed by atoms with van der Waals surface area (Å²) >= 11 is 0. The van der Waals surface area contributed by atoms with Crippen molar-refractivity contribution in [3.8, 4) is 17.2 Å². The summed E-state index contributed by atoms with van der Waals surface area (Å²) in [6, 6.07) is 24.3. The summed E-state index contributed by atoms with van der Waals surface area (Å²) in [4.78, 5) is 0. The molecule has 0 amide bonds. The van der Waals surface area contributed by atoms with Crippen LogP contribution in [0.3, 0.4) is 0 Å². The van der Waals surface area contributed by atoms with Gasteiger partial charge < -0.3 is 0 Å². The van der Waals surface area contributed by atoms with Gasteiger partial charge in [-0.05, 0) is 80.3 Å². The van der Waals surface area contributed by atoms with E-state index < -0.39 is 0 Å². The average Bonchev–Trinajstić information content (AvgIpc) is 2.99. The summed E-state index contributed by atoms with van der Waals surface area (Å²) in [7, 11) is 0. The van der Waals surface area contributed by atoms with Crippen LogP contribution in [0.25, 0.3) is 28.9 Å². The minimum atomic E-state index is 0.339. The van der Waals surface area contributed by atoms with Crippen LogP contribution in [0.2, 0.25) is 0 Å². The lowest BCUT2D eigenvalue weighted by Crippen LogP contribution is -2.21. The summed E-state index contributed by atoms with van der Waals surface area (Å²) in [6.07, 6.45) is 25.0. The molecule has 0 saturated carbocycles. The van der Waals surface area contributed by atoms with Gasteiger partial charge in [-0.1, -0.05) is 122 Å². The van der Waals surface area contributed by atoms with Crippen LogP contribution in [0.4, 0.5) is 0 Å². The van der Waals surface area contributed by atoms with Gasteiger partial charge in [0, 0.05) is 23.8 Å². The number of allylic oxidation sites excluding steroid dienone is 12. The highest BCUT2D eigenvalue weighted by molar-refractivity contribution is 5.85. The highest BCUT2D eigenvalue weighted by atomic mass is 14.4. The molecule has 3 aromatic carbocycles. The van der Waals surface area contributed by atoms with Crippen LogP contribution in [-0.4, -0.2) is 0 Å². The van der Waals surface area contributed by atoms with Crippen LogP contribution < -0.4 is 0 Å². The quantitative estimate of drug-likeness (QED) is 0.217. The second kappa shape index (κ2) is 11.0. The molecule has 0 aromatic heterocycles. The molecule has 3 aliphatic rings. The third-order valence-corrected chi connectivity index (χ3v) is 7.95. The van der Waals surface area contributed by atoms with Gasteiger partial charge in [-0.25, -0.2) is 0 Å². The van der Waals surface area contributed by atoms with E-state index in [1.165, 1.54) is 50.1 Å². The standard InChI is InChI=1S/C39H31N/c1-3-5-6-10-27-11-7-13-30(20-27)36-22-32-15-17-34-24-37(25-35-18-16-33(23-36)38(32)39(34)35)31-14-8-12-28(21-31)19-29(26-40)9-4-2/h3-9,11-18,20-25,32,38H,1-2,10,19H2/b6-5-,29-9+. The zero-order chi connectivity index (χ0) is 27.5. The average molecular weight is 514 g/mol. The second-order valence-electron chi connectivity index (χ2n) is 10.6. The molecule has 0 N–H and O–H groups in total. The normalized spacial score (nSPS) is 18.5. The first kappa shape index (κ1) is 25.4. The van der Waals surface area contributed by atoms with Crippen molar-refractivity contribution in [2.24, 2.45) is 5.92 Å². The van der Waals surface area contributed by atoms with Crippen LogP contribution >= 0.6 is 0 Å². The highest BCUT2D eigenvalue weighted by Crippen LogP contribution is 2.50. The molecule has 2 unspecified atom stereocenters. The monoisotopic (exact) mass is 513 g/mol. The van der Waals surface area contributed by atoms with Gasteiger partial charge in [0.15, 0.2) is 0 Å². The number of hydrogen-bond donors (Lipinski definition) is 0. The molecule has 192 valence electrons. The van der Waals surface area contributed by atoms with Crippen molar-refractivity contribution in [1.82, 2.24) is 0 Å². The summed E-state index contributed by atoms with van der Waals surface area (Å²) in [5.74, 6) is 0.691. The fourth-order valence-corrected chi connectivity index (χ4v) is 6.14. The summed E-state index contributed by atoms with van der Waals surface area (Å²) < 4.78 is 0. The predicted molar refractivity (Wildman–Crippen MR) is 169 cm³/mol. The SMILES string of the molecule is C=C/C=C\Cc1cccc(C2=CC3C=Cc4cc(-c5cccc(C/C(C#N)=C\C=C)c5)cc5c4C3C(=C2)C=C5)c1. The molecule has 0 radical (unpaired) electrons. The molecule has 3 aliphatic carbocycles. The van der Waals surface area contributed by atoms with Crippen molar-refractivity contribution < 1.29 is 0 Å². The van der Waals surface area contributed by atoms with Gasteiger partial charge in [-0.3, -0.25) is 0 Å². The van der Waals surface area contributed by atoms with E-state index >= 15 is 0 Å². The zero-order valence-corrected chi connectivity index (χ0v) is 22.6. The van der Waals surface area contributed by atoms with E-state index in [2.05, 4.69) is 122 Å². The molecule has 0 saturated heterocycles. The van der Waals surface area contributed by atoms with Gasteiger partial charge in [0.2, 0.25) is 0 Å². The maximum Gasteiger partial charge on any atom is 0.0950 e.